The number of aromatic nitrogens is 1. The number of benzene rings is 4. The maximum Gasteiger partial charge on any atom is 0.257 e. The lowest BCUT2D eigenvalue weighted by atomic mass is 10.0. The number of furan rings is 1. The first-order valence-electron chi connectivity index (χ1n) is 16.9. The van der Waals surface area contributed by atoms with E-state index in [-0.39, 0.29) is 5.91 Å². The molecule has 248 valence electrons. The quantitative estimate of drug-likeness (QED) is 0.102. The molecule has 0 saturated carbocycles. The topological polar surface area (TPSA) is 84.4 Å². The van der Waals surface area contributed by atoms with Crippen molar-refractivity contribution >= 4 is 73.6 Å². The number of carbonyl (C=O) groups excluding carboxylic acids is 1. The van der Waals surface area contributed by atoms with Crippen LogP contribution in [0.3, 0.4) is 0 Å². The smallest absolute Gasteiger partial charge is 0.257 e. The molecule has 48 heavy (non-hydrogen) atoms. The summed E-state index contributed by atoms with van der Waals surface area (Å²) in [6.45, 7) is 13.3. The number of carbonyl (C=O) groups is 1. The summed E-state index contributed by atoms with van der Waals surface area (Å²) >= 11 is 0. The van der Waals surface area contributed by atoms with Crippen LogP contribution < -0.4 is 21.2 Å². The number of hydrogen-bond acceptors (Lipinski definition) is 5. The van der Waals surface area contributed by atoms with Crippen LogP contribution in [0.1, 0.15) is 63.7 Å². The third-order valence-electron chi connectivity index (χ3n) is 8.95. The summed E-state index contributed by atoms with van der Waals surface area (Å²) in [5, 5.41) is 12.1. The number of pyridine rings is 1. The molecule has 4 aromatic carbocycles. The minimum absolute atomic E-state index is 0.299. The molecule has 7 nitrogen and oxygen atoms in total. The molecule has 0 fully saturated rings. The van der Waals surface area contributed by atoms with Crippen molar-refractivity contribution in [3.8, 4) is 5.69 Å². The van der Waals surface area contributed by atoms with Crippen LogP contribution in [0, 0.1) is 11.7 Å². The van der Waals surface area contributed by atoms with Crippen LogP contribution in [-0.4, -0.2) is 24.1 Å². The number of halogens is 1. The van der Waals surface area contributed by atoms with Gasteiger partial charge in [0, 0.05) is 53.4 Å². The second-order valence-corrected chi connectivity index (χ2v) is 12.1. The van der Waals surface area contributed by atoms with Crippen molar-refractivity contribution in [2.45, 2.75) is 53.4 Å². The number of anilines is 3. The highest BCUT2D eigenvalue weighted by molar-refractivity contribution is 6.11. The minimum atomic E-state index is -0.460. The van der Waals surface area contributed by atoms with E-state index < -0.39 is 5.82 Å². The van der Waals surface area contributed by atoms with Crippen molar-refractivity contribution in [1.29, 1.82) is 0 Å². The second-order valence-electron chi connectivity index (χ2n) is 12.1. The number of nitrogens with zero attached hydrogens (tertiary/aromatic N) is 1. The average molecular weight is 647 g/mol. The van der Waals surface area contributed by atoms with E-state index in [4.69, 9.17) is 8.83 Å². The standard InChI is InChI=1S/C38H37FN4O3.C2H6/c1-5-6-9-22(2)16-17-41-35-30(39)18-27-23(3)29(38(44)42-25-14-12-24(40-4)13-15-25)21-43-31-20-33-28(19-34(31)46-37(35)36(27)43)26-10-7-8-11-32(26)45-33;1-2/h7-8,10-15,18-22,40-41H,3,5-6,9,16-17H2,1-2,4H3,(H,42,44);1-2H3. The molecule has 7 rings (SSSR count). The Morgan fingerprint density at radius 3 is 2.42 bits per heavy atom. The van der Waals surface area contributed by atoms with Crippen LogP contribution in [-0.2, 0) is 0 Å². The van der Waals surface area contributed by atoms with Crippen molar-refractivity contribution in [3.63, 3.8) is 0 Å². The molecule has 0 radical (unpaired) electrons. The number of hydrogen-bond donors (Lipinski definition) is 3. The van der Waals surface area contributed by atoms with Gasteiger partial charge < -0.3 is 29.4 Å². The fourth-order valence-electron chi connectivity index (χ4n) is 6.33. The first-order valence-corrected chi connectivity index (χ1v) is 16.9. The van der Waals surface area contributed by atoms with Gasteiger partial charge in [-0.3, -0.25) is 4.79 Å². The van der Waals surface area contributed by atoms with Gasteiger partial charge in [-0.05, 0) is 60.0 Å². The van der Waals surface area contributed by atoms with Gasteiger partial charge in [0.1, 0.15) is 16.9 Å². The lowest BCUT2D eigenvalue weighted by Gasteiger charge is -2.22. The number of rotatable bonds is 10. The highest BCUT2D eigenvalue weighted by atomic mass is 19.1. The number of unbranched alkanes of at least 4 members (excludes halogenated alkanes) is 1. The van der Waals surface area contributed by atoms with Crippen molar-refractivity contribution in [3.05, 3.63) is 89.5 Å². The van der Waals surface area contributed by atoms with Gasteiger partial charge >= 0.3 is 0 Å². The van der Waals surface area contributed by atoms with Crippen LogP contribution >= 0.6 is 0 Å². The zero-order valence-corrected chi connectivity index (χ0v) is 28.3. The molecule has 0 spiro atoms. The highest BCUT2D eigenvalue weighted by Gasteiger charge is 2.25. The zero-order valence-electron chi connectivity index (χ0n) is 28.3. The Morgan fingerprint density at radius 1 is 0.917 bits per heavy atom. The molecule has 0 aliphatic carbocycles. The van der Waals surface area contributed by atoms with E-state index in [1.807, 2.05) is 86.1 Å². The van der Waals surface area contributed by atoms with Gasteiger partial charge in [0.25, 0.3) is 5.91 Å². The Hall–Kier alpha value is -5.24. The largest absolute Gasteiger partial charge is 0.456 e. The molecule has 0 bridgehead atoms. The number of amides is 1. The molecule has 1 amide bonds. The predicted octanol–water partition coefficient (Wildman–Crippen LogP) is 10.5. The fourth-order valence-corrected chi connectivity index (χ4v) is 6.33. The molecule has 0 saturated heterocycles. The van der Waals surface area contributed by atoms with Crippen molar-refractivity contribution < 1.29 is 18.0 Å². The van der Waals surface area contributed by atoms with E-state index in [9.17, 15) is 4.79 Å². The van der Waals surface area contributed by atoms with E-state index in [1.54, 1.807) is 6.20 Å². The lowest BCUT2D eigenvalue weighted by Crippen LogP contribution is -2.25. The summed E-state index contributed by atoms with van der Waals surface area (Å²) in [7, 11) is 1.84. The second kappa shape index (κ2) is 13.9. The van der Waals surface area contributed by atoms with Gasteiger partial charge in [0.2, 0.25) is 0 Å². The minimum Gasteiger partial charge on any atom is -0.456 e. The van der Waals surface area contributed by atoms with E-state index in [1.165, 1.54) is 12.5 Å². The Morgan fingerprint density at radius 2 is 1.67 bits per heavy atom. The summed E-state index contributed by atoms with van der Waals surface area (Å²) < 4.78 is 30.8. The van der Waals surface area contributed by atoms with E-state index >= 15 is 4.39 Å². The number of fused-ring (bicyclic) bond motifs is 5. The molecule has 1 aromatic heterocycles. The Labute approximate surface area is 279 Å². The molecule has 8 heteroatoms. The fraction of sp³-hybridized carbons (Fsp3) is 0.275. The molecular weight excluding hydrogens is 603 g/mol. The normalized spacial score (nSPS) is 12.0. The third-order valence-corrected chi connectivity index (χ3v) is 8.95. The van der Waals surface area contributed by atoms with Crippen LogP contribution in [0.5, 0.6) is 0 Å². The van der Waals surface area contributed by atoms with Crippen LogP contribution in [0.2, 0.25) is 0 Å². The summed E-state index contributed by atoms with van der Waals surface area (Å²) in [5.41, 5.74) is 5.84. The molecule has 1 unspecified atom stereocenters. The maximum absolute atomic E-state index is 16.1. The average Bonchev–Trinajstić information content (AvgIpc) is 3.47. The summed E-state index contributed by atoms with van der Waals surface area (Å²) in [6.07, 6.45) is 6.14. The lowest BCUT2D eigenvalue weighted by molar-refractivity contribution is 0.102. The Balaban J connectivity index is 0.00000197. The van der Waals surface area contributed by atoms with Crippen LogP contribution in [0.4, 0.5) is 21.5 Å². The van der Waals surface area contributed by atoms with E-state index in [0.29, 0.717) is 68.0 Å². The molecule has 5 aromatic rings. The Bertz CT molecular complexity index is 2260. The summed E-state index contributed by atoms with van der Waals surface area (Å²) in [5.74, 6) is -0.293. The molecule has 3 N–H and O–H groups in total. The van der Waals surface area contributed by atoms with Crippen LogP contribution in [0.25, 0.3) is 56.3 Å². The maximum atomic E-state index is 16.1. The summed E-state index contributed by atoms with van der Waals surface area (Å²) in [4.78, 5) is 13.7. The summed E-state index contributed by atoms with van der Waals surface area (Å²) in [6, 6.07) is 20.5. The monoisotopic (exact) mass is 646 g/mol. The number of para-hydroxylation sites is 1. The third kappa shape index (κ3) is 5.99. The molecule has 1 atom stereocenters. The SMILES string of the molecule is C=c1c(C(=O)Nc2ccc(NC)cc2)cn2c3cc4oc5ccccc5c4cc3oc3c(NCCC(C)CCCC)c(F)cc1c3-2.CC. The Kier molecular flexibility index (Phi) is 9.44. The van der Waals surface area contributed by atoms with Crippen molar-refractivity contribution in [2.24, 2.45) is 5.92 Å². The van der Waals surface area contributed by atoms with Crippen molar-refractivity contribution in [2.75, 3.05) is 29.5 Å². The molecule has 2 aliphatic heterocycles. The molecule has 2 aliphatic rings. The molecular formula is C40H43FN4O3. The van der Waals surface area contributed by atoms with Gasteiger partial charge in [-0.1, -0.05) is 71.7 Å². The van der Waals surface area contributed by atoms with Gasteiger partial charge in [0.05, 0.1) is 16.8 Å². The first-order chi connectivity index (χ1) is 23.4. The van der Waals surface area contributed by atoms with Crippen LogP contribution in [0.15, 0.2) is 81.8 Å². The van der Waals surface area contributed by atoms with Gasteiger partial charge in [-0.25, -0.2) is 4.39 Å². The van der Waals surface area contributed by atoms with Crippen molar-refractivity contribution in [1.82, 2.24) is 4.57 Å². The zero-order chi connectivity index (χ0) is 33.9. The van der Waals surface area contributed by atoms with E-state index in [2.05, 4.69) is 36.4 Å². The van der Waals surface area contributed by atoms with Gasteiger partial charge in [0.15, 0.2) is 17.0 Å². The highest BCUT2D eigenvalue weighted by Crippen LogP contribution is 2.40. The van der Waals surface area contributed by atoms with Gasteiger partial charge in [-0.15, -0.1) is 0 Å². The van der Waals surface area contributed by atoms with Gasteiger partial charge in [-0.2, -0.15) is 0 Å². The number of nitrogens with one attached hydrogen (secondary N) is 3. The first kappa shape index (κ1) is 32.7. The predicted molar refractivity (Wildman–Crippen MR) is 198 cm³/mol. The molecule has 3 heterocycles. The van der Waals surface area contributed by atoms with E-state index in [0.717, 1.165) is 41.3 Å².